The standard InChI is InChI=1S/C25H26ClFN4O2/c1-25(2,3)31-22(16-6-8-17(27)9-7-16)20(15-28-31)23(32)29-18-10-11-21(26)19(14-18)24(33)30-12-4-5-13-30/h6-11,14-15H,4-5,12-13H2,1-3H3,(H,29,32). The highest BCUT2D eigenvalue weighted by molar-refractivity contribution is 6.34. The summed E-state index contributed by atoms with van der Waals surface area (Å²) in [6.07, 6.45) is 3.46. The Morgan fingerprint density at radius 1 is 1.03 bits per heavy atom. The summed E-state index contributed by atoms with van der Waals surface area (Å²) in [5.74, 6) is -0.879. The van der Waals surface area contributed by atoms with Gasteiger partial charge in [-0.25, -0.2) is 4.39 Å². The molecule has 0 radical (unpaired) electrons. The molecule has 8 heteroatoms. The lowest BCUT2D eigenvalue weighted by Crippen LogP contribution is -2.28. The summed E-state index contributed by atoms with van der Waals surface area (Å²) in [7, 11) is 0. The minimum absolute atomic E-state index is 0.138. The van der Waals surface area contributed by atoms with Gasteiger partial charge in [-0.05, 0) is 76.1 Å². The van der Waals surface area contributed by atoms with Gasteiger partial charge in [0.15, 0.2) is 0 Å². The van der Waals surface area contributed by atoms with Crippen LogP contribution in [0.15, 0.2) is 48.7 Å². The SMILES string of the molecule is CC(C)(C)n1ncc(C(=O)Nc2ccc(Cl)c(C(=O)N3CCCC3)c2)c1-c1ccc(F)cc1. The van der Waals surface area contributed by atoms with Crippen LogP contribution < -0.4 is 5.32 Å². The zero-order valence-electron chi connectivity index (χ0n) is 18.9. The fourth-order valence-corrected chi connectivity index (χ4v) is 4.16. The number of anilines is 1. The van der Waals surface area contributed by atoms with E-state index in [1.807, 2.05) is 20.8 Å². The van der Waals surface area contributed by atoms with Gasteiger partial charge in [0.05, 0.1) is 33.6 Å². The van der Waals surface area contributed by atoms with Crippen molar-refractivity contribution in [2.45, 2.75) is 39.2 Å². The van der Waals surface area contributed by atoms with Gasteiger partial charge in [-0.3, -0.25) is 14.3 Å². The number of rotatable bonds is 4. The smallest absolute Gasteiger partial charge is 0.259 e. The Labute approximate surface area is 197 Å². The highest BCUT2D eigenvalue weighted by atomic mass is 35.5. The van der Waals surface area contributed by atoms with Crippen LogP contribution in [-0.2, 0) is 5.54 Å². The van der Waals surface area contributed by atoms with Crippen LogP contribution in [0.1, 0.15) is 54.3 Å². The molecule has 0 aliphatic carbocycles. The molecule has 3 aromatic rings. The van der Waals surface area contributed by atoms with E-state index in [1.165, 1.54) is 18.3 Å². The van der Waals surface area contributed by atoms with E-state index in [-0.39, 0.29) is 17.6 Å². The van der Waals surface area contributed by atoms with Crippen LogP contribution >= 0.6 is 11.6 Å². The molecule has 0 saturated carbocycles. The molecule has 0 atom stereocenters. The third kappa shape index (κ3) is 4.78. The number of aromatic nitrogens is 2. The van der Waals surface area contributed by atoms with E-state index >= 15 is 0 Å². The molecular weight excluding hydrogens is 443 g/mol. The quantitative estimate of drug-likeness (QED) is 0.543. The molecule has 1 saturated heterocycles. The Kier molecular flexibility index (Phi) is 6.26. The van der Waals surface area contributed by atoms with Crippen LogP contribution in [0.25, 0.3) is 11.3 Å². The molecule has 6 nitrogen and oxygen atoms in total. The largest absolute Gasteiger partial charge is 0.339 e. The summed E-state index contributed by atoms with van der Waals surface area (Å²) in [4.78, 5) is 27.9. The third-order valence-corrected chi connectivity index (χ3v) is 5.94. The zero-order valence-corrected chi connectivity index (χ0v) is 19.6. The number of hydrogen-bond acceptors (Lipinski definition) is 3. The van der Waals surface area contributed by atoms with Crippen LogP contribution in [0.4, 0.5) is 10.1 Å². The summed E-state index contributed by atoms with van der Waals surface area (Å²) in [6, 6.07) is 10.8. The van der Waals surface area contributed by atoms with Crippen LogP contribution in [0, 0.1) is 5.82 Å². The van der Waals surface area contributed by atoms with Crippen molar-refractivity contribution in [2.75, 3.05) is 18.4 Å². The van der Waals surface area contributed by atoms with Crippen molar-refractivity contribution in [3.05, 3.63) is 70.6 Å². The maximum Gasteiger partial charge on any atom is 0.259 e. The number of benzene rings is 2. The first kappa shape index (κ1) is 23.0. The monoisotopic (exact) mass is 468 g/mol. The van der Waals surface area contributed by atoms with Gasteiger partial charge in [-0.2, -0.15) is 5.10 Å². The lowest BCUT2D eigenvalue weighted by Gasteiger charge is -2.23. The van der Waals surface area contributed by atoms with Crippen molar-refractivity contribution in [1.29, 1.82) is 0 Å². The van der Waals surface area contributed by atoms with Crippen LogP contribution in [0.5, 0.6) is 0 Å². The molecule has 1 aliphatic heterocycles. The highest BCUT2D eigenvalue weighted by Gasteiger charge is 2.26. The molecule has 172 valence electrons. The van der Waals surface area contributed by atoms with Crippen molar-refractivity contribution in [1.82, 2.24) is 14.7 Å². The molecule has 0 bridgehead atoms. The average Bonchev–Trinajstić information content (AvgIpc) is 3.45. The number of hydrogen-bond donors (Lipinski definition) is 1. The summed E-state index contributed by atoms with van der Waals surface area (Å²) in [5.41, 5.74) is 2.02. The van der Waals surface area contributed by atoms with E-state index in [0.717, 1.165) is 12.8 Å². The van der Waals surface area contributed by atoms with E-state index in [1.54, 1.807) is 39.9 Å². The molecule has 2 aromatic carbocycles. The van der Waals surface area contributed by atoms with Crippen molar-refractivity contribution >= 4 is 29.1 Å². The van der Waals surface area contributed by atoms with Crippen molar-refractivity contribution < 1.29 is 14.0 Å². The molecule has 2 amide bonds. The van der Waals surface area contributed by atoms with Gasteiger partial charge >= 0.3 is 0 Å². The first-order valence-corrected chi connectivity index (χ1v) is 11.3. The number of carbonyl (C=O) groups excluding carboxylic acids is 2. The van der Waals surface area contributed by atoms with E-state index in [4.69, 9.17) is 11.6 Å². The second-order valence-electron chi connectivity index (χ2n) is 9.14. The average molecular weight is 469 g/mol. The maximum absolute atomic E-state index is 13.5. The van der Waals surface area contributed by atoms with Crippen LogP contribution in [-0.4, -0.2) is 39.6 Å². The first-order chi connectivity index (χ1) is 15.6. The van der Waals surface area contributed by atoms with Gasteiger partial charge in [0.2, 0.25) is 0 Å². The summed E-state index contributed by atoms with van der Waals surface area (Å²) in [5, 5.41) is 7.65. The van der Waals surface area contributed by atoms with Gasteiger partial charge < -0.3 is 10.2 Å². The molecular formula is C25H26ClFN4O2. The summed E-state index contributed by atoms with van der Waals surface area (Å²) in [6.45, 7) is 7.34. The normalized spacial score (nSPS) is 13.9. The van der Waals surface area contributed by atoms with Gasteiger partial charge in [0.25, 0.3) is 11.8 Å². The van der Waals surface area contributed by atoms with Crippen molar-refractivity contribution in [3.63, 3.8) is 0 Å². The molecule has 33 heavy (non-hydrogen) atoms. The Hall–Kier alpha value is -3.19. The topological polar surface area (TPSA) is 67.2 Å². The second-order valence-corrected chi connectivity index (χ2v) is 9.55. The molecule has 1 fully saturated rings. The zero-order chi connectivity index (χ0) is 23.8. The van der Waals surface area contributed by atoms with Crippen molar-refractivity contribution in [2.24, 2.45) is 0 Å². The molecule has 1 N–H and O–H groups in total. The predicted octanol–water partition coefficient (Wildman–Crippen LogP) is 5.59. The van der Waals surface area contributed by atoms with E-state index in [0.29, 0.717) is 46.2 Å². The fraction of sp³-hybridized carbons (Fsp3) is 0.320. The minimum atomic E-state index is -0.405. The van der Waals surface area contributed by atoms with Crippen molar-refractivity contribution in [3.8, 4) is 11.3 Å². The van der Waals surface area contributed by atoms with E-state index in [2.05, 4.69) is 10.4 Å². The minimum Gasteiger partial charge on any atom is -0.339 e. The van der Waals surface area contributed by atoms with Crippen LogP contribution in [0.3, 0.4) is 0 Å². The van der Waals surface area contributed by atoms with Crippen LogP contribution in [0.2, 0.25) is 5.02 Å². The van der Waals surface area contributed by atoms with Gasteiger partial charge in [0, 0.05) is 24.3 Å². The van der Waals surface area contributed by atoms with Gasteiger partial charge in [-0.15, -0.1) is 0 Å². The fourth-order valence-electron chi connectivity index (χ4n) is 3.96. The predicted molar refractivity (Wildman–Crippen MR) is 127 cm³/mol. The molecule has 1 aromatic heterocycles. The number of nitrogens with zero attached hydrogens (tertiary/aromatic N) is 3. The Balaban J connectivity index is 1.67. The lowest BCUT2D eigenvalue weighted by atomic mass is 10.0. The summed E-state index contributed by atoms with van der Waals surface area (Å²) >= 11 is 6.29. The second kappa shape index (κ2) is 8.98. The Morgan fingerprint density at radius 2 is 1.70 bits per heavy atom. The third-order valence-electron chi connectivity index (χ3n) is 5.61. The highest BCUT2D eigenvalue weighted by Crippen LogP contribution is 2.30. The van der Waals surface area contributed by atoms with E-state index < -0.39 is 5.54 Å². The maximum atomic E-state index is 13.5. The van der Waals surface area contributed by atoms with E-state index in [9.17, 15) is 14.0 Å². The molecule has 2 heterocycles. The molecule has 1 aliphatic rings. The summed E-state index contributed by atoms with van der Waals surface area (Å²) < 4.78 is 15.3. The Bertz CT molecular complexity index is 1190. The number of halogens is 2. The van der Waals surface area contributed by atoms with Gasteiger partial charge in [-0.1, -0.05) is 11.6 Å². The first-order valence-electron chi connectivity index (χ1n) is 10.9. The number of carbonyl (C=O) groups is 2. The number of amides is 2. The molecule has 0 spiro atoms. The Morgan fingerprint density at radius 3 is 2.33 bits per heavy atom. The lowest BCUT2D eigenvalue weighted by molar-refractivity contribution is 0.0792. The number of nitrogens with one attached hydrogen (secondary N) is 1. The molecule has 0 unspecified atom stereocenters. The molecule has 4 rings (SSSR count). The van der Waals surface area contributed by atoms with Gasteiger partial charge in [0.1, 0.15) is 5.82 Å². The number of likely N-dealkylation sites (tertiary alicyclic amines) is 1.